The van der Waals surface area contributed by atoms with Crippen LogP contribution in [0.2, 0.25) is 0 Å². The number of β-amino-alcohol motifs (C(OH)–C–C–N with tert-alkyl or cyclic N) is 1. The molecule has 1 aromatic rings. The zero-order valence-electron chi connectivity index (χ0n) is 12.8. The molecule has 0 bridgehead atoms. The first-order chi connectivity index (χ1) is 9.55. The van der Waals surface area contributed by atoms with Gasteiger partial charge in [-0.2, -0.15) is 0 Å². The predicted molar refractivity (Wildman–Crippen MR) is 77.0 cm³/mol. The summed E-state index contributed by atoms with van der Waals surface area (Å²) in [4.78, 5) is 39.5. The number of nitrogens with zero attached hydrogens (tertiary/aromatic N) is 2. The molecule has 1 fully saturated rings. The van der Waals surface area contributed by atoms with Gasteiger partial charge in [0.15, 0.2) is 0 Å². The van der Waals surface area contributed by atoms with E-state index >= 15 is 0 Å². The van der Waals surface area contributed by atoms with Crippen LogP contribution in [-0.4, -0.2) is 44.2 Å². The quantitative estimate of drug-likeness (QED) is 0.749. The maximum Gasteiger partial charge on any atom is 0.328 e. The third-order valence-electron chi connectivity index (χ3n) is 4.49. The second-order valence-electron chi connectivity index (χ2n) is 6.57. The summed E-state index contributed by atoms with van der Waals surface area (Å²) in [5.74, 6) is -0.231. The fraction of sp³-hybridized carbons (Fsp3) is 0.643. The summed E-state index contributed by atoms with van der Waals surface area (Å²) in [6, 6.07) is 0. The zero-order valence-corrected chi connectivity index (χ0v) is 12.8. The summed E-state index contributed by atoms with van der Waals surface area (Å²) in [5, 5.41) is 10.3. The van der Waals surface area contributed by atoms with Gasteiger partial charge in [0, 0.05) is 37.3 Å². The second-order valence-corrected chi connectivity index (χ2v) is 6.57. The first-order valence-corrected chi connectivity index (χ1v) is 6.83. The minimum atomic E-state index is -0.960. The molecule has 1 aliphatic rings. The van der Waals surface area contributed by atoms with Crippen molar-refractivity contribution in [2.24, 2.45) is 12.5 Å². The van der Waals surface area contributed by atoms with E-state index in [0.717, 1.165) is 4.57 Å². The van der Waals surface area contributed by atoms with Gasteiger partial charge in [0.1, 0.15) is 0 Å². The van der Waals surface area contributed by atoms with Crippen LogP contribution in [0.4, 0.5) is 0 Å². The predicted octanol–water partition coefficient (Wildman–Crippen LogP) is -0.764. The molecule has 1 atom stereocenters. The molecule has 1 aliphatic heterocycles. The van der Waals surface area contributed by atoms with E-state index in [2.05, 4.69) is 4.98 Å². The number of aromatic nitrogens is 2. The van der Waals surface area contributed by atoms with E-state index in [1.165, 1.54) is 13.2 Å². The maximum absolute atomic E-state index is 12.3. The molecule has 21 heavy (non-hydrogen) atoms. The van der Waals surface area contributed by atoms with Crippen molar-refractivity contribution >= 4 is 5.91 Å². The molecule has 1 amide bonds. The molecule has 0 saturated carbocycles. The molecule has 0 radical (unpaired) electrons. The van der Waals surface area contributed by atoms with E-state index < -0.39 is 22.3 Å². The minimum absolute atomic E-state index is 0.0877. The van der Waals surface area contributed by atoms with Gasteiger partial charge in [-0.15, -0.1) is 0 Å². The fourth-order valence-corrected chi connectivity index (χ4v) is 2.48. The lowest BCUT2D eigenvalue weighted by molar-refractivity contribution is -0.130. The number of rotatable bonds is 2. The summed E-state index contributed by atoms with van der Waals surface area (Å²) < 4.78 is 0.937. The van der Waals surface area contributed by atoms with Gasteiger partial charge in [-0.25, -0.2) is 4.79 Å². The zero-order chi connectivity index (χ0) is 16.0. The fourth-order valence-electron chi connectivity index (χ4n) is 2.48. The standard InChI is InChI=1S/C14H21N3O4/c1-13(2)7-17(8-14(13,3)21)10(18)5-9-6-15-12(20)16(4)11(9)19/h6,21H,5,7-8H2,1-4H3,(H,15,20)/t14-/m0/s1. The van der Waals surface area contributed by atoms with Crippen LogP contribution in [0, 0.1) is 5.41 Å². The van der Waals surface area contributed by atoms with E-state index in [9.17, 15) is 19.5 Å². The highest BCUT2D eigenvalue weighted by atomic mass is 16.3. The molecular formula is C14H21N3O4. The van der Waals surface area contributed by atoms with Crippen molar-refractivity contribution < 1.29 is 9.90 Å². The summed E-state index contributed by atoms with van der Waals surface area (Å²) in [6.45, 7) is 6.18. The van der Waals surface area contributed by atoms with Crippen molar-refractivity contribution in [2.45, 2.75) is 32.8 Å². The second kappa shape index (κ2) is 4.84. The summed E-state index contributed by atoms with van der Waals surface area (Å²) >= 11 is 0. The Labute approximate surface area is 122 Å². The Hall–Kier alpha value is -1.89. The van der Waals surface area contributed by atoms with E-state index in [1.807, 2.05) is 13.8 Å². The Morgan fingerprint density at radius 1 is 1.33 bits per heavy atom. The van der Waals surface area contributed by atoms with Gasteiger partial charge in [-0.3, -0.25) is 14.2 Å². The number of aliphatic hydroxyl groups is 1. The monoisotopic (exact) mass is 295 g/mol. The molecule has 1 aromatic heterocycles. The van der Waals surface area contributed by atoms with Gasteiger partial charge in [0.25, 0.3) is 5.56 Å². The van der Waals surface area contributed by atoms with E-state index in [4.69, 9.17) is 0 Å². The molecule has 7 heteroatoms. The number of hydrogen-bond donors (Lipinski definition) is 2. The molecule has 0 unspecified atom stereocenters. The molecule has 2 N–H and O–H groups in total. The molecule has 0 spiro atoms. The lowest BCUT2D eigenvalue weighted by atomic mass is 9.79. The van der Waals surface area contributed by atoms with Crippen molar-refractivity contribution in [1.82, 2.24) is 14.5 Å². The highest BCUT2D eigenvalue weighted by Gasteiger charge is 2.49. The average Bonchev–Trinajstić information content (AvgIpc) is 2.59. The van der Waals surface area contributed by atoms with Crippen LogP contribution in [0.3, 0.4) is 0 Å². The third-order valence-corrected chi connectivity index (χ3v) is 4.49. The highest BCUT2D eigenvalue weighted by molar-refractivity contribution is 5.79. The van der Waals surface area contributed by atoms with Gasteiger partial charge >= 0.3 is 5.69 Å². The van der Waals surface area contributed by atoms with E-state index in [0.29, 0.717) is 6.54 Å². The van der Waals surface area contributed by atoms with Gasteiger partial charge in [0.2, 0.25) is 5.91 Å². The highest BCUT2D eigenvalue weighted by Crippen LogP contribution is 2.38. The Balaban J connectivity index is 2.20. The summed E-state index contributed by atoms with van der Waals surface area (Å²) in [7, 11) is 1.36. The van der Waals surface area contributed by atoms with Crippen molar-refractivity contribution in [3.63, 3.8) is 0 Å². The number of amides is 1. The number of nitrogens with one attached hydrogen (secondary N) is 1. The van der Waals surface area contributed by atoms with Crippen molar-refractivity contribution in [3.05, 3.63) is 32.6 Å². The van der Waals surface area contributed by atoms with Crippen molar-refractivity contribution in [1.29, 1.82) is 0 Å². The Morgan fingerprint density at radius 2 is 1.95 bits per heavy atom. The smallest absolute Gasteiger partial charge is 0.328 e. The first-order valence-electron chi connectivity index (χ1n) is 6.83. The molecule has 0 aromatic carbocycles. The largest absolute Gasteiger partial charge is 0.388 e. The van der Waals surface area contributed by atoms with Crippen molar-refractivity contribution in [3.8, 4) is 0 Å². The number of likely N-dealkylation sites (tertiary alicyclic amines) is 1. The Bertz CT molecular complexity index is 668. The summed E-state index contributed by atoms with van der Waals surface area (Å²) in [6.07, 6.45) is 1.19. The lowest BCUT2D eigenvalue weighted by Gasteiger charge is -2.30. The number of hydrogen-bond acceptors (Lipinski definition) is 4. The van der Waals surface area contributed by atoms with Gasteiger partial charge in [0.05, 0.1) is 12.0 Å². The average molecular weight is 295 g/mol. The number of H-pyrrole nitrogens is 1. The van der Waals surface area contributed by atoms with Crippen LogP contribution in [0.5, 0.6) is 0 Å². The van der Waals surface area contributed by atoms with Crippen LogP contribution in [-0.2, 0) is 18.3 Å². The van der Waals surface area contributed by atoms with Crippen LogP contribution < -0.4 is 11.2 Å². The van der Waals surface area contributed by atoms with Crippen molar-refractivity contribution in [2.75, 3.05) is 13.1 Å². The van der Waals surface area contributed by atoms with Gasteiger partial charge in [-0.1, -0.05) is 13.8 Å². The number of carbonyl (C=O) groups excluding carboxylic acids is 1. The Kier molecular flexibility index (Phi) is 3.57. The van der Waals surface area contributed by atoms with Crippen LogP contribution in [0.25, 0.3) is 0 Å². The lowest BCUT2D eigenvalue weighted by Crippen LogP contribution is -2.40. The Morgan fingerprint density at radius 3 is 2.48 bits per heavy atom. The van der Waals surface area contributed by atoms with Crippen LogP contribution in [0.1, 0.15) is 26.3 Å². The third kappa shape index (κ3) is 2.65. The summed E-state index contributed by atoms with van der Waals surface area (Å²) in [5.41, 5.74) is -2.11. The number of carbonyl (C=O) groups is 1. The maximum atomic E-state index is 12.3. The normalized spacial score (nSPS) is 24.3. The molecule has 1 saturated heterocycles. The van der Waals surface area contributed by atoms with E-state index in [-0.39, 0.29) is 24.4 Å². The minimum Gasteiger partial charge on any atom is -0.388 e. The molecule has 2 heterocycles. The van der Waals surface area contributed by atoms with Crippen LogP contribution >= 0.6 is 0 Å². The molecule has 2 rings (SSSR count). The SMILES string of the molecule is Cn1c(=O)[nH]cc(CC(=O)N2CC(C)(C)[C@@](C)(O)C2)c1=O. The van der Waals surface area contributed by atoms with Gasteiger partial charge < -0.3 is 15.0 Å². The molecule has 116 valence electrons. The van der Waals surface area contributed by atoms with Crippen LogP contribution in [0.15, 0.2) is 15.8 Å². The molecule has 0 aliphatic carbocycles. The van der Waals surface area contributed by atoms with Gasteiger partial charge in [-0.05, 0) is 6.92 Å². The number of aromatic amines is 1. The topological polar surface area (TPSA) is 95.4 Å². The first kappa shape index (κ1) is 15.5. The molecular weight excluding hydrogens is 274 g/mol. The van der Waals surface area contributed by atoms with E-state index in [1.54, 1.807) is 11.8 Å². The molecule has 7 nitrogen and oxygen atoms in total.